The largest absolute Gasteiger partial charge is 0.336 e. The smallest absolute Gasteiger partial charge is 0.267 e. The monoisotopic (exact) mass is 370 g/mol. The van der Waals surface area contributed by atoms with E-state index in [0.29, 0.717) is 35.9 Å². The summed E-state index contributed by atoms with van der Waals surface area (Å²) in [5.74, 6) is 0.419. The summed E-state index contributed by atoms with van der Waals surface area (Å²) in [4.78, 5) is 30.5. The maximum atomic E-state index is 13.1. The van der Waals surface area contributed by atoms with Crippen molar-refractivity contribution in [3.05, 3.63) is 46.5 Å². The van der Waals surface area contributed by atoms with Crippen molar-refractivity contribution < 1.29 is 9.59 Å². The molecular formula is C19H22N4O2S. The first-order chi connectivity index (χ1) is 12.7. The third-order valence-corrected chi connectivity index (χ3v) is 6.12. The fourth-order valence-electron chi connectivity index (χ4n) is 3.99. The number of aromatic nitrogens is 2. The second kappa shape index (κ2) is 7.15. The summed E-state index contributed by atoms with van der Waals surface area (Å²) in [6, 6.07) is 9.47. The zero-order valence-electron chi connectivity index (χ0n) is 14.8. The van der Waals surface area contributed by atoms with Gasteiger partial charge in [-0.2, -0.15) is 0 Å². The predicted octanol–water partition coefficient (Wildman–Crippen LogP) is 2.48. The van der Waals surface area contributed by atoms with Gasteiger partial charge in [-0.15, -0.1) is 5.10 Å². The van der Waals surface area contributed by atoms with Crippen molar-refractivity contribution in [2.24, 2.45) is 5.92 Å². The van der Waals surface area contributed by atoms with E-state index in [4.69, 9.17) is 0 Å². The molecule has 7 heteroatoms. The van der Waals surface area contributed by atoms with Gasteiger partial charge in [0, 0.05) is 31.2 Å². The molecule has 4 heterocycles. The van der Waals surface area contributed by atoms with E-state index in [1.54, 1.807) is 0 Å². The molecule has 1 aromatic carbocycles. The van der Waals surface area contributed by atoms with Crippen LogP contribution < -0.4 is 0 Å². The highest BCUT2D eigenvalue weighted by molar-refractivity contribution is 7.08. The molecule has 2 bridgehead atoms. The molecule has 0 unspecified atom stereocenters. The SMILES string of the molecule is CCc1nnsc1C(=O)N1C[C@H]2CC[C@@H]1CN(C(=O)c1ccccc1)C2. The highest BCUT2D eigenvalue weighted by Gasteiger charge is 2.39. The number of hydrogen-bond donors (Lipinski definition) is 0. The lowest BCUT2D eigenvalue weighted by molar-refractivity contribution is 0.0578. The van der Waals surface area contributed by atoms with Gasteiger partial charge < -0.3 is 9.80 Å². The van der Waals surface area contributed by atoms with Gasteiger partial charge in [-0.25, -0.2) is 0 Å². The van der Waals surface area contributed by atoms with Gasteiger partial charge in [0.1, 0.15) is 4.88 Å². The van der Waals surface area contributed by atoms with Crippen molar-refractivity contribution in [2.75, 3.05) is 19.6 Å². The minimum absolute atomic E-state index is 0.0283. The average Bonchev–Trinajstić information content (AvgIpc) is 2.98. The quantitative estimate of drug-likeness (QED) is 0.832. The van der Waals surface area contributed by atoms with Crippen LogP contribution in [0.4, 0.5) is 0 Å². The maximum absolute atomic E-state index is 13.1. The Labute approximate surface area is 157 Å². The first kappa shape index (κ1) is 17.1. The number of carbonyl (C=O) groups excluding carboxylic acids is 2. The van der Waals surface area contributed by atoms with Crippen LogP contribution in [-0.4, -0.2) is 56.9 Å². The first-order valence-corrected chi connectivity index (χ1v) is 9.91. The number of hydrogen-bond acceptors (Lipinski definition) is 5. The van der Waals surface area contributed by atoms with E-state index >= 15 is 0 Å². The van der Waals surface area contributed by atoms with E-state index in [1.165, 1.54) is 11.5 Å². The van der Waals surface area contributed by atoms with Crippen LogP contribution in [0.25, 0.3) is 0 Å². The molecule has 0 N–H and O–H groups in total. The molecule has 0 saturated carbocycles. The molecule has 2 atom stereocenters. The van der Waals surface area contributed by atoms with E-state index < -0.39 is 0 Å². The highest BCUT2D eigenvalue weighted by Crippen LogP contribution is 2.31. The molecule has 0 radical (unpaired) electrons. The number of nitrogens with zero attached hydrogens (tertiary/aromatic N) is 4. The number of fused-ring (bicyclic) bond motifs is 4. The molecule has 5 rings (SSSR count). The molecule has 3 aliphatic heterocycles. The van der Waals surface area contributed by atoms with Gasteiger partial charge in [0.25, 0.3) is 11.8 Å². The van der Waals surface area contributed by atoms with Crippen molar-refractivity contribution in [1.82, 2.24) is 19.4 Å². The zero-order chi connectivity index (χ0) is 18.1. The van der Waals surface area contributed by atoms with Crippen molar-refractivity contribution in [2.45, 2.75) is 32.2 Å². The molecule has 0 aliphatic carbocycles. The van der Waals surface area contributed by atoms with E-state index in [0.717, 1.165) is 25.1 Å². The summed E-state index contributed by atoms with van der Waals surface area (Å²) in [5, 5.41) is 4.08. The molecule has 26 heavy (non-hydrogen) atoms. The molecule has 2 aromatic rings. The summed E-state index contributed by atoms with van der Waals surface area (Å²) >= 11 is 1.18. The normalized spacial score (nSPS) is 22.3. The fraction of sp³-hybridized carbons (Fsp3) is 0.474. The zero-order valence-corrected chi connectivity index (χ0v) is 15.6. The summed E-state index contributed by atoms with van der Waals surface area (Å²) in [7, 11) is 0. The van der Waals surface area contributed by atoms with E-state index in [-0.39, 0.29) is 17.9 Å². The summed E-state index contributed by atoms with van der Waals surface area (Å²) in [6.45, 7) is 4.02. The Balaban J connectivity index is 1.55. The van der Waals surface area contributed by atoms with Gasteiger partial charge in [-0.1, -0.05) is 29.6 Å². The van der Waals surface area contributed by atoms with Crippen LogP contribution in [0.5, 0.6) is 0 Å². The number of aryl methyl sites for hydroxylation is 1. The van der Waals surface area contributed by atoms with Crippen LogP contribution in [-0.2, 0) is 6.42 Å². The third-order valence-electron chi connectivity index (χ3n) is 5.37. The summed E-state index contributed by atoms with van der Waals surface area (Å²) in [6.07, 6.45) is 2.72. The van der Waals surface area contributed by atoms with Gasteiger partial charge in [0.15, 0.2) is 0 Å². The lowest BCUT2D eigenvalue weighted by Gasteiger charge is -2.35. The highest BCUT2D eigenvalue weighted by atomic mass is 32.1. The van der Waals surface area contributed by atoms with Gasteiger partial charge >= 0.3 is 0 Å². The van der Waals surface area contributed by atoms with Crippen molar-refractivity contribution in [3.8, 4) is 0 Å². The fourth-order valence-corrected chi connectivity index (χ4v) is 4.70. The maximum Gasteiger partial charge on any atom is 0.267 e. The molecule has 3 aliphatic rings. The number of rotatable bonds is 3. The first-order valence-electron chi connectivity index (χ1n) is 9.14. The Morgan fingerprint density at radius 3 is 2.69 bits per heavy atom. The molecule has 3 fully saturated rings. The van der Waals surface area contributed by atoms with E-state index in [1.807, 2.05) is 47.1 Å². The van der Waals surface area contributed by atoms with Crippen molar-refractivity contribution in [1.29, 1.82) is 0 Å². The van der Waals surface area contributed by atoms with Gasteiger partial charge in [-0.3, -0.25) is 9.59 Å². The Bertz CT molecular complexity index is 807. The van der Waals surface area contributed by atoms with Crippen LogP contribution >= 0.6 is 11.5 Å². The van der Waals surface area contributed by atoms with Crippen LogP contribution in [0, 0.1) is 5.92 Å². The van der Waals surface area contributed by atoms with Crippen LogP contribution in [0.1, 0.15) is 45.5 Å². The molecule has 136 valence electrons. The van der Waals surface area contributed by atoms with Crippen molar-refractivity contribution >= 4 is 23.3 Å². The second-order valence-electron chi connectivity index (χ2n) is 7.03. The Hall–Kier alpha value is -2.28. The molecule has 1 aromatic heterocycles. The van der Waals surface area contributed by atoms with Crippen LogP contribution in [0.3, 0.4) is 0 Å². The minimum Gasteiger partial charge on any atom is -0.336 e. The Kier molecular flexibility index (Phi) is 4.72. The number of amides is 2. The Morgan fingerprint density at radius 2 is 1.92 bits per heavy atom. The summed E-state index contributed by atoms with van der Waals surface area (Å²) < 4.78 is 3.96. The predicted molar refractivity (Wildman–Crippen MR) is 99.2 cm³/mol. The van der Waals surface area contributed by atoms with Crippen LogP contribution in [0.2, 0.25) is 0 Å². The van der Waals surface area contributed by atoms with E-state index in [9.17, 15) is 9.59 Å². The van der Waals surface area contributed by atoms with Crippen molar-refractivity contribution in [3.63, 3.8) is 0 Å². The number of piperidine rings is 1. The second-order valence-corrected chi connectivity index (χ2v) is 7.79. The molecular weight excluding hydrogens is 348 g/mol. The summed E-state index contributed by atoms with van der Waals surface area (Å²) in [5.41, 5.74) is 1.49. The lowest BCUT2D eigenvalue weighted by Crippen LogP contribution is -2.47. The average molecular weight is 370 g/mol. The molecule has 0 spiro atoms. The Morgan fingerprint density at radius 1 is 1.12 bits per heavy atom. The molecule has 6 nitrogen and oxygen atoms in total. The third kappa shape index (κ3) is 3.11. The van der Waals surface area contributed by atoms with Crippen LogP contribution in [0.15, 0.2) is 30.3 Å². The minimum atomic E-state index is 0.0283. The molecule has 2 amide bonds. The lowest BCUT2D eigenvalue weighted by atomic mass is 9.94. The topological polar surface area (TPSA) is 66.4 Å². The van der Waals surface area contributed by atoms with Gasteiger partial charge in [0.05, 0.1) is 5.69 Å². The molecule has 3 saturated heterocycles. The van der Waals surface area contributed by atoms with E-state index in [2.05, 4.69) is 9.59 Å². The number of carbonyl (C=O) groups is 2. The van der Waals surface area contributed by atoms with Gasteiger partial charge in [0.2, 0.25) is 0 Å². The standard InChI is InChI=1S/C19H22N4O2S/c1-2-16-17(26-21-20-16)19(25)23-11-13-8-9-15(23)12-22(10-13)18(24)14-6-4-3-5-7-14/h3-7,13,15H,2,8-12H2,1H3/t13-,15+/m0/s1. The van der Waals surface area contributed by atoms with Gasteiger partial charge in [-0.05, 0) is 48.8 Å². The number of benzene rings is 1.